The van der Waals surface area contributed by atoms with Crippen LogP contribution in [0.2, 0.25) is 0 Å². The van der Waals surface area contributed by atoms with Crippen molar-refractivity contribution < 1.29 is 9.47 Å². The van der Waals surface area contributed by atoms with E-state index in [0.29, 0.717) is 0 Å². The van der Waals surface area contributed by atoms with Crippen LogP contribution in [0.25, 0.3) is 32.1 Å². The zero-order valence-corrected chi connectivity index (χ0v) is 17.0. The molecule has 1 aromatic carbocycles. The second kappa shape index (κ2) is 7.62. The summed E-state index contributed by atoms with van der Waals surface area (Å²) in [5.74, 6) is 0.768. The van der Waals surface area contributed by atoms with E-state index >= 15 is 0 Å². The number of nitrogens with zero attached hydrogens (tertiary/aromatic N) is 3. The molecule has 1 fully saturated rings. The second-order valence-corrected chi connectivity index (χ2v) is 8.05. The fourth-order valence-corrected chi connectivity index (χ4v) is 4.76. The largest absolute Gasteiger partial charge is 0.496 e. The number of H-pyrrole nitrogens is 1. The number of ether oxygens (including phenoxy) is 2. The number of thiophene rings is 1. The Balaban J connectivity index is 1.56. The lowest BCUT2D eigenvalue weighted by atomic mass is 9.99. The smallest absolute Gasteiger partial charge is 0.266 e. The molecule has 0 atom stereocenters. The Bertz CT molecular complexity index is 1220. The summed E-state index contributed by atoms with van der Waals surface area (Å²) >= 11 is 1.45. The minimum atomic E-state index is -0.0557. The summed E-state index contributed by atoms with van der Waals surface area (Å²) in [5, 5.41) is 8.47. The molecule has 3 aromatic heterocycles. The van der Waals surface area contributed by atoms with E-state index in [2.05, 4.69) is 21.2 Å². The summed E-state index contributed by atoms with van der Waals surface area (Å²) < 4.78 is 13.8. The first kappa shape index (κ1) is 18.4. The molecule has 4 aromatic rings. The first-order valence-electron chi connectivity index (χ1n) is 9.68. The van der Waals surface area contributed by atoms with E-state index in [9.17, 15) is 4.79 Å². The Morgan fingerprint density at radius 3 is 2.93 bits per heavy atom. The lowest BCUT2D eigenvalue weighted by Crippen LogP contribution is -2.38. The summed E-state index contributed by atoms with van der Waals surface area (Å²) in [6, 6.07) is 5.80. The number of hydrogen-bond donors (Lipinski definition) is 1. The molecule has 0 aliphatic carbocycles. The number of methoxy groups -OCH3 is 1. The molecular weight excluding hydrogens is 388 g/mol. The van der Waals surface area contributed by atoms with Gasteiger partial charge >= 0.3 is 0 Å². The first-order valence-corrected chi connectivity index (χ1v) is 10.6. The Hall–Kier alpha value is -2.68. The average molecular weight is 410 g/mol. The number of aromatic nitrogens is 3. The molecule has 0 saturated carbocycles. The fourth-order valence-electron chi connectivity index (χ4n) is 3.97. The molecule has 1 N–H and O–H groups in total. The van der Waals surface area contributed by atoms with Gasteiger partial charge in [-0.2, -0.15) is 5.10 Å². The highest BCUT2D eigenvalue weighted by Crippen LogP contribution is 2.39. The van der Waals surface area contributed by atoms with Crippen molar-refractivity contribution in [2.24, 2.45) is 0 Å². The van der Waals surface area contributed by atoms with Gasteiger partial charge in [-0.25, -0.2) is 0 Å². The van der Waals surface area contributed by atoms with E-state index in [-0.39, 0.29) is 5.56 Å². The number of nitrogens with one attached hydrogen (secondary N) is 1. The van der Waals surface area contributed by atoms with Gasteiger partial charge in [0.15, 0.2) is 0 Å². The molecule has 1 aliphatic heterocycles. The number of hydrogen-bond acceptors (Lipinski definition) is 6. The van der Waals surface area contributed by atoms with Gasteiger partial charge in [-0.15, -0.1) is 11.3 Å². The molecule has 0 bridgehead atoms. The molecule has 1 aliphatic rings. The molecular formula is C21H22N4O3S. The van der Waals surface area contributed by atoms with Crippen LogP contribution in [0.15, 0.2) is 40.8 Å². The van der Waals surface area contributed by atoms with E-state index in [1.54, 1.807) is 7.11 Å². The summed E-state index contributed by atoms with van der Waals surface area (Å²) in [6.07, 6.45) is 3.93. The first-order chi connectivity index (χ1) is 14.2. The number of rotatable bonds is 5. The van der Waals surface area contributed by atoms with Gasteiger partial charge < -0.3 is 14.5 Å². The van der Waals surface area contributed by atoms with Gasteiger partial charge in [0.05, 0.1) is 33.1 Å². The van der Waals surface area contributed by atoms with Gasteiger partial charge in [0.1, 0.15) is 10.4 Å². The van der Waals surface area contributed by atoms with Crippen molar-refractivity contribution in [2.75, 3.05) is 40.0 Å². The molecule has 29 heavy (non-hydrogen) atoms. The molecule has 150 valence electrons. The maximum absolute atomic E-state index is 12.4. The zero-order valence-electron chi connectivity index (χ0n) is 16.2. The molecule has 0 unspecified atom stereocenters. The predicted molar refractivity (Wildman–Crippen MR) is 115 cm³/mol. The molecule has 4 heterocycles. The summed E-state index contributed by atoms with van der Waals surface area (Å²) in [4.78, 5) is 17.8. The van der Waals surface area contributed by atoms with Crippen molar-refractivity contribution >= 4 is 32.3 Å². The predicted octanol–water partition coefficient (Wildman–Crippen LogP) is 2.95. The van der Waals surface area contributed by atoms with Crippen molar-refractivity contribution in [3.63, 3.8) is 0 Å². The molecule has 8 heteroatoms. The number of aromatic amines is 1. The lowest BCUT2D eigenvalue weighted by molar-refractivity contribution is 0.0360. The van der Waals surface area contributed by atoms with Crippen LogP contribution in [0, 0.1) is 0 Å². The number of fused-ring (bicyclic) bond motifs is 3. The van der Waals surface area contributed by atoms with Crippen molar-refractivity contribution in [3.8, 4) is 16.9 Å². The van der Waals surface area contributed by atoms with Gasteiger partial charge in [0.25, 0.3) is 5.56 Å². The topological polar surface area (TPSA) is 72.4 Å². The van der Waals surface area contributed by atoms with Crippen molar-refractivity contribution in [1.82, 2.24) is 19.7 Å². The normalized spacial score (nSPS) is 15.3. The van der Waals surface area contributed by atoms with Crippen LogP contribution in [0.1, 0.15) is 0 Å². The van der Waals surface area contributed by atoms with Crippen LogP contribution < -0.4 is 10.3 Å². The summed E-state index contributed by atoms with van der Waals surface area (Å²) in [5.41, 5.74) is 2.69. The van der Waals surface area contributed by atoms with Crippen LogP contribution in [-0.2, 0) is 11.3 Å². The molecule has 0 amide bonds. The number of pyridine rings is 1. The van der Waals surface area contributed by atoms with E-state index in [1.807, 2.05) is 34.5 Å². The molecule has 5 rings (SSSR count). The van der Waals surface area contributed by atoms with E-state index in [1.165, 1.54) is 11.3 Å². The monoisotopic (exact) mass is 410 g/mol. The standard InChI is InChI=1S/C21H22N4O3S/c1-27-17-3-2-16-19(15-4-11-29-20(15)21(26)23-16)18(17)14-12-22-25(13-14)6-5-24-7-9-28-10-8-24/h2-4,11-13H,5-10H2,1H3,(H,23,26). The summed E-state index contributed by atoms with van der Waals surface area (Å²) in [6.45, 7) is 5.29. The van der Waals surface area contributed by atoms with Gasteiger partial charge in [-0.3, -0.25) is 14.4 Å². The molecule has 7 nitrogen and oxygen atoms in total. The third-order valence-corrected chi connectivity index (χ3v) is 6.36. The van der Waals surface area contributed by atoms with Gasteiger partial charge in [0.2, 0.25) is 0 Å². The van der Waals surface area contributed by atoms with E-state index < -0.39 is 0 Å². The summed E-state index contributed by atoms with van der Waals surface area (Å²) in [7, 11) is 1.67. The van der Waals surface area contributed by atoms with E-state index in [0.717, 1.165) is 77.3 Å². The van der Waals surface area contributed by atoms with Crippen LogP contribution in [-0.4, -0.2) is 59.6 Å². The minimum Gasteiger partial charge on any atom is -0.496 e. The van der Waals surface area contributed by atoms with Crippen molar-refractivity contribution in [1.29, 1.82) is 0 Å². The average Bonchev–Trinajstić information content (AvgIpc) is 3.42. The molecule has 0 radical (unpaired) electrons. The quantitative estimate of drug-likeness (QED) is 0.548. The number of benzene rings is 1. The highest BCUT2D eigenvalue weighted by Gasteiger charge is 2.18. The highest BCUT2D eigenvalue weighted by molar-refractivity contribution is 7.17. The Morgan fingerprint density at radius 1 is 1.24 bits per heavy atom. The van der Waals surface area contributed by atoms with Crippen molar-refractivity contribution in [3.05, 3.63) is 46.3 Å². The van der Waals surface area contributed by atoms with Crippen LogP contribution in [0.4, 0.5) is 0 Å². The van der Waals surface area contributed by atoms with Crippen LogP contribution >= 0.6 is 11.3 Å². The van der Waals surface area contributed by atoms with Crippen LogP contribution in [0.3, 0.4) is 0 Å². The van der Waals surface area contributed by atoms with Gasteiger partial charge in [-0.05, 0) is 23.6 Å². The fraction of sp³-hybridized carbons (Fsp3) is 0.333. The Kier molecular flexibility index (Phi) is 4.83. The third kappa shape index (κ3) is 3.33. The highest BCUT2D eigenvalue weighted by atomic mass is 32.1. The molecule has 1 saturated heterocycles. The maximum Gasteiger partial charge on any atom is 0.266 e. The van der Waals surface area contributed by atoms with Gasteiger partial charge in [-0.1, -0.05) is 0 Å². The van der Waals surface area contributed by atoms with Crippen LogP contribution in [0.5, 0.6) is 5.75 Å². The Morgan fingerprint density at radius 2 is 2.10 bits per heavy atom. The van der Waals surface area contributed by atoms with Crippen molar-refractivity contribution in [2.45, 2.75) is 6.54 Å². The van der Waals surface area contributed by atoms with Gasteiger partial charge in [0, 0.05) is 53.2 Å². The molecule has 0 spiro atoms. The minimum absolute atomic E-state index is 0.0557. The zero-order chi connectivity index (χ0) is 19.8. The SMILES string of the molecule is COc1ccc2[nH]c(=O)c3sccc3c2c1-c1cnn(CCN2CCOCC2)c1. The number of morpholine rings is 1. The second-order valence-electron chi connectivity index (χ2n) is 7.13. The maximum atomic E-state index is 12.4. The van der Waals surface area contributed by atoms with E-state index in [4.69, 9.17) is 9.47 Å². The Labute approximate surface area is 171 Å². The lowest BCUT2D eigenvalue weighted by Gasteiger charge is -2.26. The third-order valence-electron chi connectivity index (χ3n) is 5.45.